The molecule has 4 rings (SSSR count). The lowest BCUT2D eigenvalue weighted by atomic mass is 9.62. The quantitative estimate of drug-likeness (QED) is 0.537. The molecule has 0 aromatic rings. The van der Waals surface area contributed by atoms with Gasteiger partial charge in [-0.1, -0.05) is 19.1 Å². The van der Waals surface area contributed by atoms with Crippen LogP contribution < -0.4 is 0 Å². The highest BCUT2D eigenvalue weighted by atomic mass is 16.7. The summed E-state index contributed by atoms with van der Waals surface area (Å²) >= 11 is 0. The van der Waals surface area contributed by atoms with E-state index in [-0.39, 0.29) is 11.4 Å². The van der Waals surface area contributed by atoms with Crippen LogP contribution in [0.25, 0.3) is 0 Å². The molecule has 3 nitrogen and oxygen atoms in total. The minimum absolute atomic E-state index is 0.187. The Morgan fingerprint density at radius 3 is 2.89 bits per heavy atom. The van der Waals surface area contributed by atoms with Crippen LogP contribution in [0, 0.1) is 23.2 Å². The molecule has 0 saturated heterocycles. The summed E-state index contributed by atoms with van der Waals surface area (Å²) in [7, 11) is 1.66. The van der Waals surface area contributed by atoms with Gasteiger partial charge in [-0.15, -0.1) is 0 Å². The van der Waals surface area contributed by atoms with Crippen LogP contribution in [0.2, 0.25) is 0 Å². The summed E-state index contributed by atoms with van der Waals surface area (Å²) in [6.07, 6.45) is 2.94. The van der Waals surface area contributed by atoms with E-state index in [9.17, 15) is 4.79 Å². The Bertz CT molecular complexity index is 546. The van der Waals surface area contributed by atoms with E-state index in [4.69, 9.17) is 9.47 Å². The van der Waals surface area contributed by atoms with Gasteiger partial charge in [0.1, 0.15) is 0 Å². The average molecular weight is 260 g/mol. The maximum atomic E-state index is 11.9. The summed E-state index contributed by atoms with van der Waals surface area (Å²) in [5.41, 5.74) is 3.39. The van der Waals surface area contributed by atoms with E-state index >= 15 is 0 Å². The molecule has 0 radical (unpaired) electrons. The highest BCUT2D eigenvalue weighted by molar-refractivity contribution is 5.92. The Morgan fingerprint density at radius 2 is 2.21 bits per heavy atom. The maximum Gasteiger partial charge on any atom is 0.336 e. The monoisotopic (exact) mass is 260 g/mol. The summed E-state index contributed by atoms with van der Waals surface area (Å²) in [6.45, 7) is 8.52. The van der Waals surface area contributed by atoms with Crippen LogP contribution in [-0.2, 0) is 14.3 Å². The highest BCUT2D eigenvalue weighted by Gasteiger charge is 2.69. The molecular formula is C16H20O3. The standard InChI is InChI=1S/C16H20O3/c1-8-10-5-13(10)15(3)7-16(18-4)12(6-11(8)15)9(2)14(17)19-16/h10-11,13H,1,5-7H2,2-4H3. The predicted molar refractivity (Wildman–Crippen MR) is 70.1 cm³/mol. The smallest absolute Gasteiger partial charge is 0.336 e. The van der Waals surface area contributed by atoms with E-state index in [1.165, 1.54) is 12.0 Å². The average Bonchev–Trinajstić information content (AvgIpc) is 3.09. The van der Waals surface area contributed by atoms with E-state index < -0.39 is 5.79 Å². The molecule has 1 heterocycles. The largest absolute Gasteiger partial charge is 0.426 e. The molecule has 4 aliphatic rings. The summed E-state index contributed by atoms with van der Waals surface area (Å²) < 4.78 is 11.3. The van der Waals surface area contributed by atoms with Gasteiger partial charge in [0.2, 0.25) is 5.79 Å². The predicted octanol–water partition coefficient (Wildman–Crippen LogP) is 2.82. The molecule has 0 aromatic carbocycles. The highest BCUT2D eigenvalue weighted by Crippen LogP contribution is 2.73. The van der Waals surface area contributed by atoms with Crippen LogP contribution in [-0.4, -0.2) is 18.9 Å². The van der Waals surface area contributed by atoms with Crippen LogP contribution in [0.4, 0.5) is 0 Å². The molecule has 3 fully saturated rings. The Hall–Kier alpha value is -1.09. The van der Waals surface area contributed by atoms with E-state index in [1.807, 2.05) is 6.92 Å². The van der Waals surface area contributed by atoms with Crippen LogP contribution in [0.15, 0.2) is 23.3 Å². The first kappa shape index (κ1) is 11.7. The number of esters is 1. The molecule has 5 unspecified atom stereocenters. The molecule has 3 heteroatoms. The maximum absolute atomic E-state index is 11.9. The molecular weight excluding hydrogens is 240 g/mol. The van der Waals surface area contributed by atoms with E-state index in [0.717, 1.165) is 29.9 Å². The van der Waals surface area contributed by atoms with Crippen molar-refractivity contribution in [2.24, 2.45) is 23.2 Å². The van der Waals surface area contributed by atoms with Gasteiger partial charge in [0, 0.05) is 24.7 Å². The Kier molecular flexibility index (Phi) is 1.94. The van der Waals surface area contributed by atoms with Crippen LogP contribution >= 0.6 is 0 Å². The number of fused-ring (bicyclic) bond motifs is 4. The normalized spacial score (nSPS) is 50.8. The fourth-order valence-electron chi connectivity index (χ4n) is 4.98. The van der Waals surface area contributed by atoms with Crippen LogP contribution in [0.3, 0.4) is 0 Å². The summed E-state index contributed by atoms with van der Waals surface area (Å²) in [5.74, 6) is 0.930. The van der Waals surface area contributed by atoms with Crippen molar-refractivity contribution in [2.75, 3.05) is 7.11 Å². The number of ether oxygens (including phenoxy) is 2. The van der Waals surface area contributed by atoms with Crippen molar-refractivity contribution in [3.05, 3.63) is 23.3 Å². The summed E-state index contributed by atoms with van der Waals surface area (Å²) in [4.78, 5) is 11.9. The number of hydrogen-bond donors (Lipinski definition) is 0. The summed E-state index contributed by atoms with van der Waals surface area (Å²) in [5, 5.41) is 0. The van der Waals surface area contributed by atoms with Gasteiger partial charge in [-0.3, -0.25) is 0 Å². The van der Waals surface area contributed by atoms with Crippen molar-refractivity contribution in [3.63, 3.8) is 0 Å². The van der Waals surface area contributed by atoms with E-state index in [0.29, 0.717) is 11.8 Å². The molecule has 3 saturated carbocycles. The fraction of sp³-hybridized carbons (Fsp3) is 0.688. The van der Waals surface area contributed by atoms with E-state index in [1.54, 1.807) is 7.11 Å². The van der Waals surface area contributed by atoms with E-state index in [2.05, 4.69) is 13.5 Å². The first-order chi connectivity index (χ1) is 8.93. The molecule has 102 valence electrons. The summed E-state index contributed by atoms with van der Waals surface area (Å²) in [6, 6.07) is 0. The Balaban J connectivity index is 1.82. The first-order valence-corrected chi connectivity index (χ1v) is 7.10. The second kappa shape index (κ2) is 3.14. The first-order valence-electron chi connectivity index (χ1n) is 7.10. The zero-order valence-electron chi connectivity index (χ0n) is 11.8. The van der Waals surface area contributed by atoms with Gasteiger partial charge in [0.15, 0.2) is 0 Å². The van der Waals surface area contributed by atoms with Gasteiger partial charge >= 0.3 is 5.97 Å². The second-order valence-electron chi connectivity index (χ2n) is 6.91. The topological polar surface area (TPSA) is 35.5 Å². The fourth-order valence-corrected chi connectivity index (χ4v) is 4.98. The van der Waals surface area contributed by atoms with Crippen molar-refractivity contribution in [2.45, 2.75) is 38.9 Å². The molecule has 3 aliphatic carbocycles. The SMILES string of the molecule is C=C1C2CC2C2(C)CC3(OC)OC(=O)C(C)=C3CC12. The minimum Gasteiger partial charge on any atom is -0.426 e. The molecule has 0 N–H and O–H groups in total. The lowest BCUT2D eigenvalue weighted by Crippen LogP contribution is -2.47. The molecule has 0 amide bonds. The molecule has 19 heavy (non-hydrogen) atoms. The molecule has 0 spiro atoms. The van der Waals surface area contributed by atoms with Gasteiger partial charge in [-0.25, -0.2) is 4.79 Å². The van der Waals surface area contributed by atoms with Crippen molar-refractivity contribution in [1.82, 2.24) is 0 Å². The molecule has 0 bridgehead atoms. The van der Waals surface area contributed by atoms with Crippen LogP contribution in [0.5, 0.6) is 0 Å². The third-order valence-corrected chi connectivity index (χ3v) is 6.19. The Labute approximate surface area is 113 Å². The van der Waals surface area contributed by atoms with Gasteiger partial charge in [0.05, 0.1) is 0 Å². The third-order valence-electron chi connectivity index (χ3n) is 6.19. The number of allylic oxidation sites excluding steroid dienone is 1. The van der Waals surface area contributed by atoms with Crippen LogP contribution in [0.1, 0.15) is 33.1 Å². The van der Waals surface area contributed by atoms with Crippen molar-refractivity contribution >= 4 is 5.97 Å². The van der Waals surface area contributed by atoms with Crippen molar-refractivity contribution in [3.8, 4) is 0 Å². The van der Waals surface area contributed by atoms with Crippen molar-refractivity contribution in [1.29, 1.82) is 0 Å². The number of rotatable bonds is 1. The lowest BCUT2D eigenvalue weighted by Gasteiger charge is -2.47. The third kappa shape index (κ3) is 1.16. The zero-order valence-corrected chi connectivity index (χ0v) is 11.8. The lowest BCUT2D eigenvalue weighted by molar-refractivity contribution is -0.214. The van der Waals surface area contributed by atoms with Gasteiger partial charge in [-0.2, -0.15) is 0 Å². The number of carbonyl (C=O) groups is 1. The number of hydrogen-bond acceptors (Lipinski definition) is 3. The second-order valence-corrected chi connectivity index (χ2v) is 6.91. The molecule has 0 aromatic heterocycles. The number of methoxy groups -OCH3 is 1. The van der Waals surface area contributed by atoms with Gasteiger partial charge < -0.3 is 9.47 Å². The van der Waals surface area contributed by atoms with Crippen molar-refractivity contribution < 1.29 is 14.3 Å². The zero-order chi connectivity index (χ0) is 13.6. The van der Waals surface area contributed by atoms with Gasteiger partial charge in [0.25, 0.3) is 0 Å². The Morgan fingerprint density at radius 1 is 1.47 bits per heavy atom. The number of carbonyl (C=O) groups excluding carboxylic acids is 1. The minimum atomic E-state index is -0.788. The van der Waals surface area contributed by atoms with Gasteiger partial charge in [-0.05, 0) is 42.9 Å². The molecule has 1 aliphatic heterocycles. The molecule has 5 atom stereocenters.